The van der Waals surface area contributed by atoms with Crippen LogP contribution in [0.3, 0.4) is 0 Å². The number of benzene rings is 1. The largest absolute Gasteiger partial charge is 0.370 e. The lowest BCUT2D eigenvalue weighted by atomic mass is 10.1. The summed E-state index contributed by atoms with van der Waals surface area (Å²) in [7, 11) is 0. The molecule has 0 fully saturated rings. The van der Waals surface area contributed by atoms with E-state index in [2.05, 4.69) is 38.2 Å². The van der Waals surface area contributed by atoms with Gasteiger partial charge in [-0.2, -0.15) is 0 Å². The molecular weight excluding hydrogens is 355 g/mol. The van der Waals surface area contributed by atoms with Crippen LogP contribution in [-0.2, 0) is 4.79 Å². The van der Waals surface area contributed by atoms with Gasteiger partial charge < -0.3 is 16.4 Å². The van der Waals surface area contributed by atoms with E-state index >= 15 is 0 Å². The molecule has 0 spiro atoms. The predicted octanol–water partition coefficient (Wildman–Crippen LogP) is 1.93. The summed E-state index contributed by atoms with van der Waals surface area (Å²) in [4.78, 5) is 15.7. The van der Waals surface area contributed by atoms with Crippen molar-refractivity contribution in [3.8, 4) is 0 Å². The average molecular weight is 374 g/mol. The van der Waals surface area contributed by atoms with E-state index in [1.165, 1.54) is 0 Å². The maximum absolute atomic E-state index is 11.7. The highest BCUT2D eigenvalue weighted by Gasteiger charge is 2.10. The molecule has 1 aromatic rings. The highest BCUT2D eigenvalue weighted by molar-refractivity contribution is 14.1. The van der Waals surface area contributed by atoms with Gasteiger partial charge in [0.2, 0.25) is 5.91 Å². The second-order valence-corrected chi connectivity index (χ2v) is 6.38. The Morgan fingerprint density at radius 3 is 2.42 bits per heavy atom. The molecule has 0 aliphatic heterocycles. The SMILES string of the molecule is CC(C)(C)NC(N)=NCC(=O)Nc1ccc(I)cc1. The van der Waals surface area contributed by atoms with Crippen LogP contribution >= 0.6 is 22.6 Å². The van der Waals surface area contributed by atoms with E-state index in [9.17, 15) is 4.79 Å². The normalized spacial score (nSPS) is 12.1. The first-order valence-electron chi connectivity index (χ1n) is 5.90. The summed E-state index contributed by atoms with van der Waals surface area (Å²) in [5, 5.41) is 5.75. The third-order valence-corrected chi connectivity index (χ3v) is 2.74. The molecule has 5 nitrogen and oxygen atoms in total. The van der Waals surface area contributed by atoms with E-state index in [1.807, 2.05) is 45.0 Å². The number of carbonyl (C=O) groups excluding carboxylic acids is 1. The standard InChI is InChI=1S/C13H19IN4O/c1-13(2,3)18-12(15)16-8-11(19)17-10-6-4-9(14)5-7-10/h4-7H,8H2,1-3H3,(H,17,19)(H3,15,16,18). The van der Waals surface area contributed by atoms with Crippen LogP contribution in [0.15, 0.2) is 29.3 Å². The molecule has 0 aromatic heterocycles. The minimum atomic E-state index is -0.195. The third-order valence-electron chi connectivity index (χ3n) is 2.02. The van der Waals surface area contributed by atoms with Gasteiger partial charge in [-0.25, -0.2) is 4.99 Å². The molecule has 0 radical (unpaired) electrons. The fourth-order valence-electron chi connectivity index (χ4n) is 1.31. The van der Waals surface area contributed by atoms with Gasteiger partial charge in [-0.15, -0.1) is 0 Å². The molecule has 0 saturated carbocycles. The number of rotatable bonds is 3. The summed E-state index contributed by atoms with van der Waals surface area (Å²) in [6.07, 6.45) is 0. The number of carbonyl (C=O) groups is 1. The van der Waals surface area contributed by atoms with E-state index in [4.69, 9.17) is 5.73 Å². The number of nitrogens with one attached hydrogen (secondary N) is 2. The Kier molecular flexibility index (Phi) is 5.59. The van der Waals surface area contributed by atoms with Crippen LogP contribution in [0.2, 0.25) is 0 Å². The number of guanidine groups is 1. The first-order chi connectivity index (χ1) is 8.76. The highest BCUT2D eigenvalue weighted by Crippen LogP contribution is 2.10. The summed E-state index contributed by atoms with van der Waals surface area (Å²) in [6, 6.07) is 7.55. The Morgan fingerprint density at radius 2 is 1.89 bits per heavy atom. The molecule has 6 heteroatoms. The number of halogens is 1. The van der Waals surface area contributed by atoms with Crippen LogP contribution in [0.25, 0.3) is 0 Å². The van der Waals surface area contributed by atoms with Gasteiger partial charge in [0, 0.05) is 14.8 Å². The molecule has 104 valence electrons. The summed E-state index contributed by atoms with van der Waals surface area (Å²) in [5.41, 5.74) is 6.27. The number of hydrogen-bond acceptors (Lipinski definition) is 2. The Morgan fingerprint density at radius 1 is 1.32 bits per heavy atom. The van der Waals surface area contributed by atoms with Crippen molar-refractivity contribution in [3.63, 3.8) is 0 Å². The van der Waals surface area contributed by atoms with Gasteiger partial charge in [-0.3, -0.25) is 4.79 Å². The van der Waals surface area contributed by atoms with Crippen LogP contribution < -0.4 is 16.4 Å². The minimum Gasteiger partial charge on any atom is -0.370 e. The molecule has 0 atom stereocenters. The zero-order valence-electron chi connectivity index (χ0n) is 11.3. The molecule has 0 heterocycles. The smallest absolute Gasteiger partial charge is 0.246 e. The predicted molar refractivity (Wildman–Crippen MR) is 87.2 cm³/mol. The number of amides is 1. The maximum Gasteiger partial charge on any atom is 0.246 e. The molecule has 0 aliphatic rings. The van der Waals surface area contributed by atoms with Crippen molar-refractivity contribution < 1.29 is 4.79 Å². The Hall–Kier alpha value is -1.31. The summed E-state index contributed by atoms with van der Waals surface area (Å²) < 4.78 is 1.12. The molecule has 19 heavy (non-hydrogen) atoms. The maximum atomic E-state index is 11.7. The molecule has 1 amide bonds. The Labute approximate surface area is 127 Å². The molecular formula is C13H19IN4O. The van der Waals surface area contributed by atoms with Crippen molar-refractivity contribution >= 4 is 40.1 Å². The van der Waals surface area contributed by atoms with E-state index in [0.717, 1.165) is 9.26 Å². The van der Waals surface area contributed by atoms with E-state index in [0.29, 0.717) is 0 Å². The van der Waals surface area contributed by atoms with E-state index < -0.39 is 0 Å². The first-order valence-corrected chi connectivity index (χ1v) is 6.98. The second-order valence-electron chi connectivity index (χ2n) is 5.13. The molecule has 0 saturated heterocycles. The van der Waals surface area contributed by atoms with Crippen LogP contribution in [0.1, 0.15) is 20.8 Å². The molecule has 0 bridgehead atoms. The molecule has 1 aromatic carbocycles. The quantitative estimate of drug-likeness (QED) is 0.430. The zero-order chi connectivity index (χ0) is 14.5. The summed E-state index contributed by atoms with van der Waals surface area (Å²) >= 11 is 2.21. The van der Waals surface area contributed by atoms with E-state index in [-0.39, 0.29) is 24.0 Å². The highest BCUT2D eigenvalue weighted by atomic mass is 127. The number of nitrogens with two attached hydrogens (primary N) is 1. The van der Waals surface area contributed by atoms with Crippen LogP contribution in [-0.4, -0.2) is 24.0 Å². The van der Waals surface area contributed by atoms with E-state index in [1.54, 1.807) is 0 Å². The van der Waals surface area contributed by atoms with Gasteiger partial charge >= 0.3 is 0 Å². The van der Waals surface area contributed by atoms with Gasteiger partial charge in [-0.05, 0) is 67.6 Å². The summed E-state index contributed by atoms with van der Waals surface area (Å²) in [6.45, 7) is 5.92. The monoisotopic (exact) mass is 374 g/mol. The lowest BCUT2D eigenvalue weighted by molar-refractivity contribution is -0.114. The molecule has 4 N–H and O–H groups in total. The number of hydrogen-bond donors (Lipinski definition) is 3. The topological polar surface area (TPSA) is 79.5 Å². The van der Waals surface area contributed by atoms with Gasteiger partial charge in [-0.1, -0.05) is 0 Å². The molecule has 1 rings (SSSR count). The molecule has 0 aliphatic carbocycles. The van der Waals surface area contributed by atoms with Crippen molar-refractivity contribution in [2.45, 2.75) is 26.3 Å². The minimum absolute atomic E-state index is 0.000893. The van der Waals surface area contributed by atoms with Gasteiger partial charge in [0.25, 0.3) is 0 Å². The van der Waals surface area contributed by atoms with Gasteiger partial charge in [0.1, 0.15) is 6.54 Å². The number of anilines is 1. The Bertz CT molecular complexity index is 463. The fourth-order valence-corrected chi connectivity index (χ4v) is 1.67. The molecule has 0 unspecified atom stereocenters. The van der Waals surface area contributed by atoms with Crippen molar-refractivity contribution in [3.05, 3.63) is 27.8 Å². The number of nitrogens with zero attached hydrogens (tertiary/aromatic N) is 1. The third kappa shape index (κ3) is 7.00. The lowest BCUT2D eigenvalue weighted by Gasteiger charge is -2.20. The van der Waals surface area contributed by atoms with Crippen molar-refractivity contribution in [1.82, 2.24) is 5.32 Å². The summed E-state index contributed by atoms with van der Waals surface area (Å²) in [5.74, 6) is 0.0742. The van der Waals surface area contributed by atoms with Crippen molar-refractivity contribution in [1.29, 1.82) is 0 Å². The van der Waals surface area contributed by atoms with Gasteiger partial charge in [0.05, 0.1) is 0 Å². The van der Waals surface area contributed by atoms with Crippen molar-refractivity contribution in [2.75, 3.05) is 11.9 Å². The fraction of sp³-hybridized carbons (Fsp3) is 0.385. The first kappa shape index (κ1) is 15.7. The zero-order valence-corrected chi connectivity index (χ0v) is 13.5. The Balaban J connectivity index is 2.47. The second kappa shape index (κ2) is 6.74. The van der Waals surface area contributed by atoms with Crippen LogP contribution in [0, 0.1) is 3.57 Å². The number of aliphatic imine (C=N–C) groups is 1. The lowest BCUT2D eigenvalue weighted by Crippen LogP contribution is -2.45. The van der Waals surface area contributed by atoms with Gasteiger partial charge in [0.15, 0.2) is 5.96 Å². The average Bonchev–Trinajstić information content (AvgIpc) is 2.27. The van der Waals surface area contributed by atoms with Crippen LogP contribution in [0.5, 0.6) is 0 Å². The van der Waals surface area contributed by atoms with Crippen LogP contribution in [0.4, 0.5) is 5.69 Å². The van der Waals surface area contributed by atoms with Crippen molar-refractivity contribution in [2.24, 2.45) is 10.7 Å².